The Labute approximate surface area is 171 Å². The van der Waals surface area contributed by atoms with E-state index in [9.17, 15) is 4.79 Å². The zero-order valence-electron chi connectivity index (χ0n) is 17.4. The van der Waals surface area contributed by atoms with Gasteiger partial charge in [0, 0.05) is 25.3 Å². The summed E-state index contributed by atoms with van der Waals surface area (Å²) >= 11 is 1.37. The van der Waals surface area contributed by atoms with E-state index >= 15 is 0 Å². The van der Waals surface area contributed by atoms with Crippen molar-refractivity contribution >= 4 is 17.7 Å². The van der Waals surface area contributed by atoms with Crippen molar-refractivity contribution in [2.75, 3.05) is 19.5 Å². The molecule has 0 unspecified atom stereocenters. The average molecular weight is 403 g/mol. The quantitative estimate of drug-likeness (QED) is 0.512. The average Bonchev–Trinajstić information content (AvgIpc) is 3.02. The van der Waals surface area contributed by atoms with Gasteiger partial charge in [-0.15, -0.1) is 16.8 Å². The van der Waals surface area contributed by atoms with Crippen molar-refractivity contribution in [1.29, 1.82) is 0 Å². The largest absolute Gasteiger partial charge is 0.383 e. The highest BCUT2D eigenvalue weighted by atomic mass is 32.2. The molecule has 2 rings (SSSR count). The van der Waals surface area contributed by atoms with Crippen molar-refractivity contribution < 1.29 is 9.53 Å². The molecule has 1 amide bonds. The van der Waals surface area contributed by atoms with Crippen LogP contribution in [0.3, 0.4) is 0 Å². The van der Waals surface area contributed by atoms with Gasteiger partial charge >= 0.3 is 0 Å². The van der Waals surface area contributed by atoms with Crippen molar-refractivity contribution in [3.8, 4) is 11.4 Å². The Morgan fingerprint density at radius 2 is 2.00 bits per heavy atom. The number of hydrogen-bond acceptors (Lipinski definition) is 5. The Hall–Kier alpha value is -2.12. The molecule has 1 N–H and O–H groups in total. The number of rotatable bonds is 9. The van der Waals surface area contributed by atoms with Crippen LogP contribution in [0.4, 0.5) is 0 Å². The Morgan fingerprint density at radius 1 is 1.32 bits per heavy atom. The number of hydrogen-bond donors (Lipinski definition) is 1. The molecule has 0 bridgehead atoms. The third kappa shape index (κ3) is 5.94. The highest BCUT2D eigenvalue weighted by molar-refractivity contribution is 7.99. The molecule has 7 heteroatoms. The summed E-state index contributed by atoms with van der Waals surface area (Å²) in [5.41, 5.74) is 2.36. The summed E-state index contributed by atoms with van der Waals surface area (Å²) in [5, 5.41) is 12.2. The molecule has 152 valence electrons. The molecule has 0 saturated heterocycles. The number of thioether (sulfide) groups is 1. The molecule has 1 heterocycles. The monoisotopic (exact) mass is 402 g/mol. The minimum Gasteiger partial charge on any atom is -0.383 e. The van der Waals surface area contributed by atoms with Crippen LogP contribution in [-0.4, -0.2) is 46.2 Å². The lowest BCUT2D eigenvalue weighted by Crippen LogP contribution is -2.36. The van der Waals surface area contributed by atoms with Gasteiger partial charge in [-0.25, -0.2) is 0 Å². The van der Waals surface area contributed by atoms with Crippen molar-refractivity contribution in [1.82, 2.24) is 20.1 Å². The summed E-state index contributed by atoms with van der Waals surface area (Å²) in [7, 11) is 1.62. The number of nitrogens with zero attached hydrogens (tertiary/aromatic N) is 3. The normalized spacial score (nSPS) is 12.6. The van der Waals surface area contributed by atoms with Gasteiger partial charge < -0.3 is 10.1 Å². The number of amides is 1. The van der Waals surface area contributed by atoms with Crippen LogP contribution in [0.15, 0.2) is 42.1 Å². The Bertz CT molecular complexity index is 794. The first kappa shape index (κ1) is 22.2. The van der Waals surface area contributed by atoms with Gasteiger partial charge in [0.1, 0.15) is 0 Å². The zero-order chi connectivity index (χ0) is 20.7. The van der Waals surface area contributed by atoms with Crippen LogP contribution in [0.1, 0.15) is 33.3 Å². The standard InChI is InChI=1S/C21H30N4O2S/c1-7-12-25-19(16-8-10-17(11-9-16)21(3,4)5)23-24-20(25)28-14-18(26)22-15(2)13-27-6/h7-11,15H,1,12-14H2,2-6H3,(H,22,26)/t15-/m1/s1. The van der Waals surface area contributed by atoms with Crippen LogP contribution >= 0.6 is 11.8 Å². The summed E-state index contributed by atoms with van der Waals surface area (Å²) in [6, 6.07) is 8.36. The first-order chi connectivity index (χ1) is 13.3. The molecule has 0 spiro atoms. The van der Waals surface area contributed by atoms with Crippen molar-refractivity contribution in [3.63, 3.8) is 0 Å². The number of methoxy groups -OCH3 is 1. The summed E-state index contributed by atoms with van der Waals surface area (Å²) in [6.07, 6.45) is 1.81. The lowest BCUT2D eigenvalue weighted by Gasteiger charge is -2.19. The highest BCUT2D eigenvalue weighted by Crippen LogP contribution is 2.27. The number of ether oxygens (including phenoxy) is 1. The molecule has 0 aliphatic rings. The fourth-order valence-corrected chi connectivity index (χ4v) is 3.52. The minimum atomic E-state index is -0.0567. The van der Waals surface area contributed by atoms with E-state index in [0.29, 0.717) is 18.3 Å². The SMILES string of the molecule is C=CCn1c(SCC(=O)N[C@H](C)COC)nnc1-c1ccc(C(C)(C)C)cc1. The van der Waals surface area contributed by atoms with E-state index in [4.69, 9.17) is 4.74 Å². The van der Waals surface area contributed by atoms with Crippen LogP contribution < -0.4 is 5.32 Å². The summed E-state index contributed by atoms with van der Waals surface area (Å²) in [4.78, 5) is 12.1. The number of nitrogens with one attached hydrogen (secondary N) is 1. The van der Waals surface area contributed by atoms with Gasteiger partial charge in [-0.2, -0.15) is 0 Å². The van der Waals surface area contributed by atoms with E-state index in [-0.39, 0.29) is 23.1 Å². The molecular formula is C21H30N4O2S. The van der Waals surface area contributed by atoms with E-state index in [1.54, 1.807) is 13.2 Å². The second-order valence-corrected chi connectivity index (χ2v) is 8.69. The van der Waals surface area contributed by atoms with E-state index < -0.39 is 0 Å². The Kier molecular flexibility index (Phi) is 7.83. The lowest BCUT2D eigenvalue weighted by atomic mass is 9.87. The van der Waals surface area contributed by atoms with E-state index in [0.717, 1.165) is 11.4 Å². The van der Waals surface area contributed by atoms with Gasteiger partial charge in [-0.1, -0.05) is 62.9 Å². The smallest absolute Gasteiger partial charge is 0.230 e. The number of benzene rings is 1. The molecule has 6 nitrogen and oxygen atoms in total. The van der Waals surface area contributed by atoms with Gasteiger partial charge in [0.25, 0.3) is 0 Å². The summed E-state index contributed by atoms with van der Waals surface area (Å²) in [5.74, 6) is 0.988. The van der Waals surface area contributed by atoms with Gasteiger partial charge in [0.05, 0.1) is 12.4 Å². The predicted molar refractivity (Wildman–Crippen MR) is 115 cm³/mol. The number of aromatic nitrogens is 3. The number of carbonyl (C=O) groups excluding carboxylic acids is 1. The molecule has 2 aromatic rings. The van der Waals surface area contributed by atoms with Crippen molar-refractivity contribution in [2.24, 2.45) is 0 Å². The van der Waals surface area contributed by atoms with Crippen LogP contribution in [-0.2, 0) is 21.5 Å². The maximum atomic E-state index is 12.1. The van der Waals surface area contributed by atoms with Crippen LogP contribution in [0.25, 0.3) is 11.4 Å². The molecule has 1 aromatic carbocycles. The van der Waals surface area contributed by atoms with Crippen molar-refractivity contribution in [2.45, 2.75) is 50.9 Å². The molecule has 0 saturated carbocycles. The number of allylic oxidation sites excluding steroid dienone is 1. The van der Waals surface area contributed by atoms with Gasteiger partial charge in [0.2, 0.25) is 5.91 Å². The molecule has 28 heavy (non-hydrogen) atoms. The van der Waals surface area contributed by atoms with E-state index in [1.165, 1.54) is 17.3 Å². The lowest BCUT2D eigenvalue weighted by molar-refractivity contribution is -0.119. The maximum absolute atomic E-state index is 12.1. The zero-order valence-corrected chi connectivity index (χ0v) is 18.2. The van der Waals surface area contributed by atoms with Gasteiger partial charge in [0.15, 0.2) is 11.0 Å². The van der Waals surface area contributed by atoms with Crippen LogP contribution in [0, 0.1) is 0 Å². The predicted octanol–water partition coefficient (Wildman–Crippen LogP) is 3.67. The molecule has 1 aromatic heterocycles. The third-order valence-electron chi connectivity index (χ3n) is 4.19. The second-order valence-electron chi connectivity index (χ2n) is 7.75. The summed E-state index contributed by atoms with van der Waals surface area (Å²) in [6.45, 7) is 13.4. The molecule has 0 fully saturated rings. The third-order valence-corrected chi connectivity index (χ3v) is 5.16. The first-order valence-electron chi connectivity index (χ1n) is 9.32. The van der Waals surface area contributed by atoms with Crippen molar-refractivity contribution in [3.05, 3.63) is 42.5 Å². The molecule has 0 aliphatic carbocycles. The fourth-order valence-electron chi connectivity index (χ4n) is 2.76. The Balaban J connectivity index is 2.15. The Morgan fingerprint density at radius 3 is 2.57 bits per heavy atom. The second kappa shape index (κ2) is 9.89. The maximum Gasteiger partial charge on any atom is 0.230 e. The molecule has 0 radical (unpaired) electrons. The van der Waals surface area contributed by atoms with Crippen LogP contribution in [0.2, 0.25) is 0 Å². The molecule has 0 aliphatic heterocycles. The molecule has 1 atom stereocenters. The van der Waals surface area contributed by atoms with Crippen LogP contribution in [0.5, 0.6) is 0 Å². The topological polar surface area (TPSA) is 69.0 Å². The molecular weight excluding hydrogens is 372 g/mol. The van der Waals surface area contributed by atoms with E-state index in [1.807, 2.05) is 11.5 Å². The van der Waals surface area contributed by atoms with Gasteiger partial charge in [-0.05, 0) is 17.9 Å². The number of carbonyl (C=O) groups is 1. The van der Waals surface area contributed by atoms with Gasteiger partial charge in [-0.3, -0.25) is 9.36 Å². The summed E-state index contributed by atoms with van der Waals surface area (Å²) < 4.78 is 7.02. The first-order valence-corrected chi connectivity index (χ1v) is 10.3. The highest BCUT2D eigenvalue weighted by Gasteiger charge is 2.17. The fraction of sp³-hybridized carbons (Fsp3) is 0.476. The van der Waals surface area contributed by atoms with E-state index in [2.05, 4.69) is 67.1 Å². The minimum absolute atomic E-state index is 0.0268.